The van der Waals surface area contributed by atoms with E-state index < -0.39 is 11.8 Å². The molecule has 32 heavy (non-hydrogen) atoms. The fraction of sp³-hybridized carbons (Fsp3) is 0.125. The maximum Gasteiger partial charge on any atom is 0.329 e. The second kappa shape index (κ2) is 10.7. The Kier molecular flexibility index (Phi) is 7.53. The van der Waals surface area contributed by atoms with Crippen LogP contribution < -0.4 is 20.2 Å². The van der Waals surface area contributed by atoms with Gasteiger partial charge in [-0.2, -0.15) is 5.10 Å². The van der Waals surface area contributed by atoms with Gasteiger partial charge in [-0.05, 0) is 55.0 Å². The van der Waals surface area contributed by atoms with Gasteiger partial charge in [-0.1, -0.05) is 30.3 Å². The maximum absolute atomic E-state index is 13.7. The lowest BCUT2D eigenvalue weighted by atomic mass is 10.1. The maximum atomic E-state index is 13.7. The average molecular weight is 435 g/mol. The van der Waals surface area contributed by atoms with E-state index in [9.17, 15) is 14.0 Å². The topological polar surface area (TPSA) is 89.0 Å². The summed E-state index contributed by atoms with van der Waals surface area (Å²) in [5.41, 5.74) is 4.27. The fourth-order valence-electron chi connectivity index (χ4n) is 2.75. The number of hydrazone groups is 1. The van der Waals surface area contributed by atoms with Crippen LogP contribution in [0, 0.1) is 5.82 Å². The summed E-state index contributed by atoms with van der Waals surface area (Å²) in [6.45, 7) is 1.80. The highest BCUT2D eigenvalue weighted by atomic mass is 19.1. The van der Waals surface area contributed by atoms with Crippen molar-refractivity contribution in [3.05, 3.63) is 89.7 Å². The number of para-hydroxylation sites is 2. The number of rotatable bonds is 7. The molecular formula is C24H22FN3O4. The highest BCUT2D eigenvalue weighted by Gasteiger charge is 2.15. The standard InChI is InChI=1S/C24H22FN3O4/c1-16(27-28-24(30)23(29)26-21-9-5-6-10-22(21)31-2)17-11-13-19(14-12-17)32-15-18-7-3-4-8-20(18)25/h3-14H,15H2,1-2H3,(H,26,29)(H,28,30). The number of carbonyl (C=O) groups excluding carboxylic acids is 2. The Bertz CT molecular complexity index is 1130. The zero-order chi connectivity index (χ0) is 22.9. The molecule has 0 saturated carbocycles. The molecule has 0 spiro atoms. The van der Waals surface area contributed by atoms with Crippen molar-refractivity contribution in [1.82, 2.24) is 5.43 Å². The first-order chi connectivity index (χ1) is 15.5. The van der Waals surface area contributed by atoms with Crippen molar-refractivity contribution in [3.63, 3.8) is 0 Å². The summed E-state index contributed by atoms with van der Waals surface area (Å²) in [4.78, 5) is 24.2. The highest BCUT2D eigenvalue weighted by molar-refractivity contribution is 6.39. The van der Waals surface area contributed by atoms with E-state index in [1.165, 1.54) is 13.2 Å². The van der Waals surface area contributed by atoms with Crippen LogP contribution in [0.2, 0.25) is 0 Å². The molecule has 3 rings (SSSR count). The number of hydrogen-bond donors (Lipinski definition) is 2. The molecule has 0 aliphatic carbocycles. The summed E-state index contributed by atoms with van der Waals surface area (Å²) < 4.78 is 24.4. The number of ether oxygens (including phenoxy) is 2. The van der Waals surface area contributed by atoms with E-state index in [0.29, 0.717) is 34.0 Å². The van der Waals surface area contributed by atoms with Gasteiger partial charge in [0.05, 0.1) is 18.5 Å². The number of benzene rings is 3. The minimum atomic E-state index is -0.917. The molecule has 0 radical (unpaired) electrons. The fourth-order valence-corrected chi connectivity index (χ4v) is 2.75. The molecule has 2 amide bonds. The Morgan fingerprint density at radius 3 is 2.34 bits per heavy atom. The number of carbonyl (C=O) groups is 2. The van der Waals surface area contributed by atoms with Crippen LogP contribution in [-0.4, -0.2) is 24.6 Å². The second-order valence-corrected chi connectivity index (χ2v) is 6.70. The molecule has 8 heteroatoms. The lowest BCUT2D eigenvalue weighted by Gasteiger charge is -2.09. The first-order valence-corrected chi connectivity index (χ1v) is 9.73. The van der Waals surface area contributed by atoms with Crippen molar-refractivity contribution in [2.45, 2.75) is 13.5 Å². The van der Waals surface area contributed by atoms with E-state index in [1.54, 1.807) is 73.7 Å². The molecule has 0 fully saturated rings. The van der Waals surface area contributed by atoms with Gasteiger partial charge in [0.1, 0.15) is 23.9 Å². The quantitative estimate of drug-likeness (QED) is 0.335. The van der Waals surface area contributed by atoms with Crippen molar-refractivity contribution >= 4 is 23.2 Å². The minimum absolute atomic E-state index is 0.108. The summed E-state index contributed by atoms with van der Waals surface area (Å²) in [6, 6.07) is 20.1. The van der Waals surface area contributed by atoms with Crippen LogP contribution in [-0.2, 0) is 16.2 Å². The van der Waals surface area contributed by atoms with E-state index in [2.05, 4.69) is 15.8 Å². The van der Waals surface area contributed by atoms with Gasteiger partial charge >= 0.3 is 11.8 Å². The Labute approximate surface area is 184 Å². The van der Waals surface area contributed by atoms with Gasteiger partial charge in [-0.3, -0.25) is 9.59 Å². The van der Waals surface area contributed by atoms with Crippen LogP contribution >= 0.6 is 0 Å². The van der Waals surface area contributed by atoms with Crippen LogP contribution in [0.4, 0.5) is 10.1 Å². The third kappa shape index (κ3) is 5.91. The summed E-state index contributed by atoms with van der Waals surface area (Å²) in [5, 5.41) is 6.44. The molecule has 0 heterocycles. The van der Waals surface area contributed by atoms with Gasteiger partial charge in [-0.15, -0.1) is 0 Å². The summed E-state index contributed by atoms with van der Waals surface area (Å²) in [7, 11) is 1.47. The smallest absolute Gasteiger partial charge is 0.329 e. The normalized spacial score (nSPS) is 10.9. The Morgan fingerprint density at radius 1 is 0.938 bits per heavy atom. The van der Waals surface area contributed by atoms with Gasteiger partial charge in [0.15, 0.2) is 0 Å². The zero-order valence-electron chi connectivity index (χ0n) is 17.6. The zero-order valence-corrected chi connectivity index (χ0v) is 17.6. The van der Waals surface area contributed by atoms with Gasteiger partial charge in [0.25, 0.3) is 0 Å². The molecule has 0 bridgehead atoms. The molecule has 0 saturated heterocycles. The average Bonchev–Trinajstić information content (AvgIpc) is 2.82. The van der Waals surface area contributed by atoms with Crippen molar-refractivity contribution < 1.29 is 23.5 Å². The monoisotopic (exact) mass is 435 g/mol. The van der Waals surface area contributed by atoms with E-state index >= 15 is 0 Å². The number of nitrogens with one attached hydrogen (secondary N) is 2. The van der Waals surface area contributed by atoms with Crippen LogP contribution in [0.1, 0.15) is 18.1 Å². The third-order valence-electron chi connectivity index (χ3n) is 4.51. The number of anilines is 1. The summed E-state index contributed by atoms with van der Waals surface area (Å²) >= 11 is 0. The Balaban J connectivity index is 1.55. The lowest BCUT2D eigenvalue weighted by molar-refractivity contribution is -0.136. The number of hydrogen-bond acceptors (Lipinski definition) is 5. The van der Waals surface area contributed by atoms with Gasteiger partial charge < -0.3 is 14.8 Å². The number of halogens is 1. The molecule has 0 aromatic heterocycles. The lowest BCUT2D eigenvalue weighted by Crippen LogP contribution is -2.33. The van der Waals surface area contributed by atoms with E-state index in [-0.39, 0.29) is 12.4 Å². The Hall–Kier alpha value is -4.20. The number of amides is 2. The molecule has 164 valence electrons. The molecule has 2 N–H and O–H groups in total. The van der Waals surface area contributed by atoms with E-state index in [1.807, 2.05) is 0 Å². The van der Waals surface area contributed by atoms with Crippen molar-refractivity contribution in [2.24, 2.45) is 5.10 Å². The highest BCUT2D eigenvalue weighted by Crippen LogP contribution is 2.22. The van der Waals surface area contributed by atoms with Crippen LogP contribution in [0.15, 0.2) is 77.9 Å². The molecule has 3 aromatic rings. The predicted molar refractivity (Wildman–Crippen MR) is 119 cm³/mol. The number of nitrogens with zero attached hydrogens (tertiary/aromatic N) is 1. The number of methoxy groups -OCH3 is 1. The summed E-state index contributed by atoms with van der Waals surface area (Å²) in [5.74, 6) is -1.11. The molecule has 0 atom stereocenters. The molecule has 0 aliphatic rings. The predicted octanol–water partition coefficient (Wildman–Crippen LogP) is 3.89. The van der Waals surface area contributed by atoms with Gasteiger partial charge in [-0.25, -0.2) is 9.82 Å². The van der Waals surface area contributed by atoms with E-state index in [0.717, 1.165) is 0 Å². The molecule has 7 nitrogen and oxygen atoms in total. The molecule has 3 aromatic carbocycles. The van der Waals surface area contributed by atoms with Crippen LogP contribution in [0.3, 0.4) is 0 Å². The molecular weight excluding hydrogens is 413 g/mol. The van der Waals surface area contributed by atoms with Gasteiger partial charge in [0.2, 0.25) is 0 Å². The van der Waals surface area contributed by atoms with Crippen molar-refractivity contribution in [2.75, 3.05) is 12.4 Å². The SMILES string of the molecule is COc1ccccc1NC(=O)C(=O)NN=C(C)c1ccc(OCc2ccccc2F)cc1. The van der Waals surface area contributed by atoms with Crippen molar-refractivity contribution in [3.8, 4) is 11.5 Å². The first kappa shape index (κ1) is 22.5. The van der Waals surface area contributed by atoms with Gasteiger partial charge in [0, 0.05) is 5.56 Å². The van der Waals surface area contributed by atoms with Crippen LogP contribution in [0.25, 0.3) is 0 Å². The van der Waals surface area contributed by atoms with E-state index in [4.69, 9.17) is 9.47 Å². The summed E-state index contributed by atoms with van der Waals surface area (Å²) in [6.07, 6.45) is 0. The van der Waals surface area contributed by atoms with Crippen LogP contribution in [0.5, 0.6) is 11.5 Å². The largest absolute Gasteiger partial charge is 0.495 e. The molecule has 0 aliphatic heterocycles. The minimum Gasteiger partial charge on any atom is -0.495 e. The third-order valence-corrected chi connectivity index (χ3v) is 4.51. The van der Waals surface area contributed by atoms with Crippen molar-refractivity contribution in [1.29, 1.82) is 0 Å². The second-order valence-electron chi connectivity index (χ2n) is 6.70. The first-order valence-electron chi connectivity index (χ1n) is 9.73. The Morgan fingerprint density at radius 2 is 1.62 bits per heavy atom. The molecule has 0 unspecified atom stereocenters.